The second kappa shape index (κ2) is 9.08. The first-order valence-corrected chi connectivity index (χ1v) is 10.5. The zero-order valence-corrected chi connectivity index (χ0v) is 18.1. The van der Waals surface area contributed by atoms with Crippen LogP contribution in [0.1, 0.15) is 21.6 Å². The molecule has 0 spiro atoms. The second-order valence-electron chi connectivity index (χ2n) is 7.60. The fourth-order valence-corrected chi connectivity index (χ4v) is 3.78. The van der Waals surface area contributed by atoms with E-state index in [9.17, 15) is 4.79 Å². The van der Waals surface area contributed by atoms with Gasteiger partial charge in [-0.1, -0.05) is 41.6 Å². The third-order valence-corrected chi connectivity index (χ3v) is 5.40. The van der Waals surface area contributed by atoms with Gasteiger partial charge in [-0.15, -0.1) is 0 Å². The summed E-state index contributed by atoms with van der Waals surface area (Å²) in [6, 6.07) is 24.3. The van der Waals surface area contributed by atoms with Crippen LogP contribution in [0.3, 0.4) is 0 Å². The highest BCUT2D eigenvalue weighted by Gasteiger charge is 2.21. The van der Waals surface area contributed by atoms with Crippen LogP contribution in [0.5, 0.6) is 17.2 Å². The van der Waals surface area contributed by atoms with E-state index in [2.05, 4.69) is 5.16 Å². The maximum atomic E-state index is 13.4. The number of amides is 1. The molecule has 7 heteroatoms. The number of rotatable bonds is 7. The molecular formula is C26H22N2O5. The molecule has 0 aliphatic carbocycles. The minimum absolute atomic E-state index is 0.102. The molecule has 1 aliphatic heterocycles. The molecule has 0 saturated carbocycles. The first-order valence-electron chi connectivity index (χ1n) is 10.5. The smallest absolute Gasteiger partial charge is 0.254 e. The number of fused-ring (bicyclic) bond motifs is 1. The van der Waals surface area contributed by atoms with Crippen LogP contribution < -0.4 is 14.2 Å². The Morgan fingerprint density at radius 3 is 2.58 bits per heavy atom. The van der Waals surface area contributed by atoms with Crippen molar-refractivity contribution < 1.29 is 23.5 Å². The fraction of sp³-hybridized carbons (Fsp3) is 0.154. The van der Waals surface area contributed by atoms with Gasteiger partial charge in [-0.25, -0.2) is 0 Å². The van der Waals surface area contributed by atoms with Gasteiger partial charge in [0.25, 0.3) is 5.91 Å². The lowest BCUT2D eigenvalue weighted by Crippen LogP contribution is -2.30. The Balaban J connectivity index is 1.42. The van der Waals surface area contributed by atoms with Gasteiger partial charge in [-0.05, 0) is 42.0 Å². The second-order valence-corrected chi connectivity index (χ2v) is 7.60. The van der Waals surface area contributed by atoms with Gasteiger partial charge in [0.2, 0.25) is 6.79 Å². The Bertz CT molecular complexity index is 1270. The molecule has 0 unspecified atom stereocenters. The van der Waals surface area contributed by atoms with Gasteiger partial charge in [0.1, 0.15) is 11.4 Å². The van der Waals surface area contributed by atoms with Crippen LogP contribution in [0.15, 0.2) is 83.4 Å². The van der Waals surface area contributed by atoms with Crippen molar-refractivity contribution in [3.05, 3.63) is 95.7 Å². The predicted molar refractivity (Wildman–Crippen MR) is 121 cm³/mol. The molecule has 0 atom stereocenters. The van der Waals surface area contributed by atoms with Gasteiger partial charge >= 0.3 is 0 Å². The molecule has 1 aromatic heterocycles. The molecule has 4 aromatic rings. The fourth-order valence-electron chi connectivity index (χ4n) is 3.78. The third-order valence-electron chi connectivity index (χ3n) is 5.40. The maximum Gasteiger partial charge on any atom is 0.254 e. The summed E-state index contributed by atoms with van der Waals surface area (Å²) in [6.45, 7) is 0.859. The van der Waals surface area contributed by atoms with E-state index >= 15 is 0 Å². The van der Waals surface area contributed by atoms with E-state index in [1.165, 1.54) is 0 Å². The molecule has 7 nitrogen and oxygen atoms in total. The number of aromatic nitrogens is 1. The summed E-state index contributed by atoms with van der Waals surface area (Å²) in [5.41, 5.74) is 2.97. The minimum atomic E-state index is -0.102. The Kier molecular flexibility index (Phi) is 5.68. The SMILES string of the molecule is COc1ccccc1-c1cc(CN(Cc2ccc3c(c2)OCO3)C(=O)c2ccccc2)no1. The van der Waals surface area contributed by atoms with Crippen LogP contribution in [0.25, 0.3) is 11.3 Å². The Morgan fingerprint density at radius 1 is 0.939 bits per heavy atom. The molecule has 0 saturated heterocycles. The van der Waals surface area contributed by atoms with Crippen molar-refractivity contribution >= 4 is 5.91 Å². The summed E-state index contributed by atoms with van der Waals surface area (Å²) in [4.78, 5) is 15.1. The number of nitrogens with zero attached hydrogens (tertiary/aromatic N) is 2. The first kappa shape index (κ1) is 20.6. The molecule has 166 valence electrons. The van der Waals surface area contributed by atoms with E-state index in [0.717, 1.165) is 11.1 Å². The average molecular weight is 442 g/mol. The van der Waals surface area contributed by atoms with Crippen molar-refractivity contribution in [3.8, 4) is 28.6 Å². The summed E-state index contributed by atoms with van der Waals surface area (Å²) in [5, 5.41) is 4.21. The quantitative estimate of drug-likeness (QED) is 0.404. The molecule has 33 heavy (non-hydrogen) atoms. The molecule has 0 fully saturated rings. The summed E-state index contributed by atoms with van der Waals surface area (Å²) < 4.78 is 21.9. The zero-order chi connectivity index (χ0) is 22.6. The van der Waals surface area contributed by atoms with E-state index < -0.39 is 0 Å². The number of carbonyl (C=O) groups is 1. The number of hydrogen-bond donors (Lipinski definition) is 0. The lowest BCUT2D eigenvalue weighted by molar-refractivity contribution is 0.0726. The van der Waals surface area contributed by atoms with Gasteiger partial charge < -0.3 is 23.6 Å². The molecule has 3 aromatic carbocycles. The van der Waals surface area contributed by atoms with E-state index in [-0.39, 0.29) is 19.2 Å². The van der Waals surface area contributed by atoms with Crippen molar-refractivity contribution in [1.29, 1.82) is 0 Å². The van der Waals surface area contributed by atoms with E-state index in [0.29, 0.717) is 40.8 Å². The van der Waals surface area contributed by atoms with Crippen LogP contribution in [0, 0.1) is 0 Å². The summed E-state index contributed by atoms with van der Waals surface area (Å²) in [7, 11) is 1.61. The third kappa shape index (κ3) is 4.39. The van der Waals surface area contributed by atoms with Gasteiger partial charge in [0, 0.05) is 18.2 Å². The van der Waals surface area contributed by atoms with Gasteiger partial charge in [-0.3, -0.25) is 4.79 Å². The largest absolute Gasteiger partial charge is 0.496 e. The number of hydrogen-bond acceptors (Lipinski definition) is 6. The molecule has 5 rings (SSSR count). The number of ether oxygens (including phenoxy) is 3. The predicted octanol–water partition coefficient (Wildman–Crippen LogP) is 4.92. The number of benzene rings is 3. The minimum Gasteiger partial charge on any atom is -0.496 e. The highest BCUT2D eigenvalue weighted by Crippen LogP contribution is 2.33. The monoisotopic (exact) mass is 442 g/mol. The van der Waals surface area contributed by atoms with Crippen molar-refractivity contribution in [2.24, 2.45) is 0 Å². The standard InChI is InChI=1S/C26H22N2O5/c1-30-22-10-6-5-9-21(22)24-14-20(27-33-24)16-28(26(29)19-7-3-2-4-8-19)15-18-11-12-23-25(13-18)32-17-31-23/h2-14H,15-17H2,1H3. The molecule has 0 radical (unpaired) electrons. The van der Waals surface area contributed by atoms with Crippen molar-refractivity contribution in [2.75, 3.05) is 13.9 Å². The molecule has 1 aliphatic rings. The average Bonchev–Trinajstić information content (AvgIpc) is 3.53. The van der Waals surface area contributed by atoms with Crippen molar-refractivity contribution in [2.45, 2.75) is 13.1 Å². The van der Waals surface area contributed by atoms with Gasteiger partial charge in [0.05, 0.1) is 19.2 Å². The normalized spacial score (nSPS) is 11.9. The Labute approximate surface area is 191 Å². The van der Waals surface area contributed by atoms with Crippen LogP contribution in [0.2, 0.25) is 0 Å². The molecular weight excluding hydrogens is 420 g/mol. The van der Waals surface area contributed by atoms with Gasteiger partial charge in [-0.2, -0.15) is 0 Å². The van der Waals surface area contributed by atoms with E-state index in [1.54, 1.807) is 24.1 Å². The number of methoxy groups -OCH3 is 1. The molecule has 1 amide bonds. The first-order chi connectivity index (χ1) is 16.2. The zero-order valence-electron chi connectivity index (χ0n) is 18.1. The molecule has 0 bridgehead atoms. The lowest BCUT2D eigenvalue weighted by Gasteiger charge is -2.22. The number of para-hydroxylation sites is 1. The maximum absolute atomic E-state index is 13.4. The van der Waals surface area contributed by atoms with Crippen molar-refractivity contribution in [3.63, 3.8) is 0 Å². The highest BCUT2D eigenvalue weighted by molar-refractivity contribution is 5.94. The van der Waals surface area contributed by atoms with Crippen LogP contribution in [-0.4, -0.2) is 29.9 Å². The molecule has 0 N–H and O–H groups in total. The summed E-state index contributed by atoms with van der Waals surface area (Å²) in [5.74, 6) is 2.56. The number of carbonyl (C=O) groups excluding carboxylic acids is 1. The van der Waals surface area contributed by atoms with Gasteiger partial charge in [0.15, 0.2) is 17.3 Å². The molecule has 2 heterocycles. The lowest BCUT2D eigenvalue weighted by atomic mass is 10.1. The summed E-state index contributed by atoms with van der Waals surface area (Å²) in [6.07, 6.45) is 0. The van der Waals surface area contributed by atoms with E-state index in [4.69, 9.17) is 18.7 Å². The van der Waals surface area contributed by atoms with Crippen LogP contribution in [-0.2, 0) is 13.1 Å². The van der Waals surface area contributed by atoms with E-state index in [1.807, 2.05) is 66.7 Å². The van der Waals surface area contributed by atoms with Crippen molar-refractivity contribution in [1.82, 2.24) is 10.1 Å². The Hall–Kier alpha value is -4.26. The van der Waals surface area contributed by atoms with Crippen LogP contribution >= 0.6 is 0 Å². The summed E-state index contributed by atoms with van der Waals surface area (Å²) >= 11 is 0. The highest BCUT2D eigenvalue weighted by atomic mass is 16.7. The topological polar surface area (TPSA) is 74.0 Å². The Morgan fingerprint density at radius 2 is 1.73 bits per heavy atom. The van der Waals surface area contributed by atoms with Crippen LogP contribution in [0.4, 0.5) is 0 Å².